The van der Waals surface area contributed by atoms with E-state index in [1.165, 1.54) is 11.3 Å². The Morgan fingerprint density at radius 2 is 1.93 bits per heavy atom. The number of nitrogens with one attached hydrogen (secondary N) is 3. The molecule has 0 aliphatic rings. The first-order valence-corrected chi connectivity index (χ1v) is 10.1. The van der Waals surface area contributed by atoms with E-state index in [4.69, 9.17) is 12.2 Å². The molecular weight excluding hydrogens is 394 g/mol. The minimum Gasteiger partial charge on any atom is -0.354 e. The molecule has 7 nitrogen and oxygen atoms in total. The highest BCUT2D eigenvalue weighted by molar-refractivity contribution is 7.71. The van der Waals surface area contributed by atoms with Crippen LogP contribution in [-0.4, -0.2) is 39.7 Å². The molecule has 0 fully saturated rings. The minimum absolute atomic E-state index is 0.0782. The van der Waals surface area contributed by atoms with Crippen LogP contribution in [0.4, 0.5) is 0 Å². The molecule has 1 aromatic carbocycles. The maximum absolute atomic E-state index is 12.5. The summed E-state index contributed by atoms with van der Waals surface area (Å²) in [6.07, 6.45) is 0.319. The molecule has 0 aliphatic heterocycles. The van der Waals surface area contributed by atoms with Crippen LogP contribution in [0.25, 0.3) is 10.7 Å². The van der Waals surface area contributed by atoms with Crippen molar-refractivity contribution in [3.05, 3.63) is 58.2 Å². The van der Waals surface area contributed by atoms with E-state index >= 15 is 0 Å². The second kappa shape index (κ2) is 9.43. The summed E-state index contributed by atoms with van der Waals surface area (Å²) in [6.45, 7) is 2.47. The number of thiophene rings is 1. The molecule has 146 valence electrons. The Labute approximate surface area is 171 Å². The van der Waals surface area contributed by atoms with Gasteiger partial charge in [0.25, 0.3) is 0 Å². The number of carbonyl (C=O) groups excluding carboxylic acids is 2. The van der Waals surface area contributed by atoms with Crippen LogP contribution in [0.3, 0.4) is 0 Å². The van der Waals surface area contributed by atoms with Crippen LogP contribution in [0.2, 0.25) is 0 Å². The highest BCUT2D eigenvalue weighted by atomic mass is 32.1. The third-order valence-electron chi connectivity index (χ3n) is 4.17. The first-order chi connectivity index (χ1) is 13.6. The number of benzene rings is 1. The second-order valence-corrected chi connectivity index (χ2v) is 7.51. The van der Waals surface area contributed by atoms with Gasteiger partial charge in [-0.1, -0.05) is 36.4 Å². The Hall–Kier alpha value is -2.78. The molecule has 0 bridgehead atoms. The number of aromatic nitrogens is 3. The number of hydrogen-bond donors (Lipinski definition) is 3. The third-order valence-corrected chi connectivity index (χ3v) is 5.32. The lowest BCUT2D eigenvalue weighted by Gasteiger charge is -2.15. The lowest BCUT2D eigenvalue weighted by atomic mass is 10.1. The van der Waals surface area contributed by atoms with Crippen molar-refractivity contribution in [2.75, 3.05) is 13.1 Å². The van der Waals surface area contributed by atoms with Gasteiger partial charge in [-0.25, -0.2) is 0 Å². The summed E-state index contributed by atoms with van der Waals surface area (Å²) >= 11 is 6.82. The highest BCUT2D eigenvalue weighted by Crippen LogP contribution is 2.25. The van der Waals surface area contributed by atoms with Crippen LogP contribution in [0.5, 0.6) is 0 Å². The quantitative estimate of drug-likeness (QED) is 0.390. The summed E-state index contributed by atoms with van der Waals surface area (Å²) in [5.41, 5.74) is 0.952. The average Bonchev–Trinajstić information content (AvgIpc) is 3.34. The second-order valence-electron chi connectivity index (χ2n) is 6.18. The van der Waals surface area contributed by atoms with E-state index in [1.807, 2.05) is 47.8 Å². The van der Waals surface area contributed by atoms with Crippen molar-refractivity contribution in [3.63, 3.8) is 0 Å². The first-order valence-electron chi connectivity index (χ1n) is 8.85. The molecule has 0 spiro atoms. The topological polar surface area (TPSA) is 91.8 Å². The molecule has 2 aromatic heterocycles. The summed E-state index contributed by atoms with van der Waals surface area (Å²) in [5, 5.41) is 14.6. The molecule has 0 saturated carbocycles. The molecule has 1 atom stereocenters. The monoisotopic (exact) mass is 415 g/mol. The van der Waals surface area contributed by atoms with Gasteiger partial charge in [-0.15, -0.1) is 11.3 Å². The van der Waals surface area contributed by atoms with Crippen molar-refractivity contribution >= 4 is 35.4 Å². The van der Waals surface area contributed by atoms with Crippen molar-refractivity contribution in [3.8, 4) is 10.7 Å². The van der Waals surface area contributed by atoms with Gasteiger partial charge in [-0.05, 0) is 36.2 Å². The smallest absolute Gasteiger partial charge is 0.243 e. The molecule has 9 heteroatoms. The molecule has 1 unspecified atom stereocenters. The van der Waals surface area contributed by atoms with Crippen LogP contribution < -0.4 is 10.6 Å². The molecule has 0 saturated heterocycles. The lowest BCUT2D eigenvalue weighted by Crippen LogP contribution is -2.38. The summed E-state index contributed by atoms with van der Waals surface area (Å²) in [6, 6.07) is 12.8. The standard InChI is InChI=1S/C19H21N5O2S2/c1-13(24-17(22-23-19(24)27)15-8-5-11-28-15)18(26)21-10-9-20-16(25)12-14-6-3-2-4-7-14/h2-8,11,13H,9-10,12H2,1H3,(H,20,25)(H,21,26)(H,23,27). The van der Waals surface area contributed by atoms with Crippen molar-refractivity contribution in [1.82, 2.24) is 25.4 Å². The van der Waals surface area contributed by atoms with Crippen molar-refractivity contribution in [2.24, 2.45) is 0 Å². The zero-order valence-corrected chi connectivity index (χ0v) is 17.0. The van der Waals surface area contributed by atoms with Crippen LogP contribution in [0, 0.1) is 4.77 Å². The van der Waals surface area contributed by atoms with E-state index in [1.54, 1.807) is 11.5 Å². The minimum atomic E-state index is -0.525. The number of hydrogen-bond acceptors (Lipinski definition) is 5. The van der Waals surface area contributed by atoms with Crippen molar-refractivity contribution in [1.29, 1.82) is 0 Å². The van der Waals surface area contributed by atoms with E-state index < -0.39 is 6.04 Å². The van der Waals surface area contributed by atoms with E-state index in [-0.39, 0.29) is 11.8 Å². The van der Waals surface area contributed by atoms with E-state index in [0.717, 1.165) is 10.4 Å². The van der Waals surface area contributed by atoms with Crippen LogP contribution in [0.1, 0.15) is 18.5 Å². The third kappa shape index (κ3) is 4.93. The van der Waals surface area contributed by atoms with Crippen molar-refractivity contribution < 1.29 is 9.59 Å². The normalized spacial score (nSPS) is 11.8. The lowest BCUT2D eigenvalue weighted by molar-refractivity contribution is -0.124. The number of rotatable bonds is 8. The molecule has 28 heavy (non-hydrogen) atoms. The van der Waals surface area contributed by atoms with Crippen molar-refractivity contribution in [2.45, 2.75) is 19.4 Å². The molecule has 0 aliphatic carbocycles. The Bertz CT molecular complexity index is 979. The molecule has 3 N–H and O–H groups in total. The average molecular weight is 416 g/mol. The van der Waals surface area contributed by atoms with Crippen LogP contribution in [0.15, 0.2) is 47.8 Å². The zero-order chi connectivity index (χ0) is 19.9. The number of aromatic amines is 1. The van der Waals surface area contributed by atoms with E-state index in [0.29, 0.717) is 30.1 Å². The predicted molar refractivity (Wildman–Crippen MR) is 112 cm³/mol. The first kappa shape index (κ1) is 20.0. The molecular formula is C19H21N5O2S2. The van der Waals surface area contributed by atoms with Gasteiger partial charge >= 0.3 is 0 Å². The molecule has 0 radical (unpaired) electrons. The number of H-pyrrole nitrogens is 1. The highest BCUT2D eigenvalue weighted by Gasteiger charge is 2.21. The maximum Gasteiger partial charge on any atom is 0.243 e. The molecule has 3 aromatic rings. The zero-order valence-electron chi connectivity index (χ0n) is 15.3. The van der Waals surface area contributed by atoms with E-state index in [2.05, 4.69) is 20.8 Å². The van der Waals surface area contributed by atoms with Crippen LogP contribution in [-0.2, 0) is 16.0 Å². The number of amides is 2. The van der Waals surface area contributed by atoms with Gasteiger partial charge in [-0.3, -0.25) is 19.3 Å². The van der Waals surface area contributed by atoms with Gasteiger partial charge < -0.3 is 10.6 Å². The summed E-state index contributed by atoms with van der Waals surface area (Å²) < 4.78 is 2.09. The Morgan fingerprint density at radius 1 is 1.18 bits per heavy atom. The fraction of sp³-hybridized carbons (Fsp3) is 0.263. The Kier molecular flexibility index (Phi) is 6.72. The summed E-state index contributed by atoms with van der Waals surface area (Å²) in [7, 11) is 0. The SMILES string of the molecule is CC(C(=O)NCCNC(=O)Cc1ccccc1)n1c(-c2cccs2)n[nH]c1=S. The summed E-state index contributed by atoms with van der Waals surface area (Å²) in [4.78, 5) is 25.4. The molecule has 2 heterocycles. The van der Waals surface area contributed by atoms with Gasteiger partial charge in [0.15, 0.2) is 10.6 Å². The van der Waals surface area contributed by atoms with Gasteiger partial charge in [0.1, 0.15) is 6.04 Å². The molecule has 3 rings (SSSR count). The van der Waals surface area contributed by atoms with Gasteiger partial charge in [0, 0.05) is 13.1 Å². The largest absolute Gasteiger partial charge is 0.354 e. The fourth-order valence-electron chi connectivity index (χ4n) is 2.74. The van der Waals surface area contributed by atoms with Gasteiger partial charge in [0.05, 0.1) is 11.3 Å². The van der Waals surface area contributed by atoms with Crippen LogP contribution >= 0.6 is 23.6 Å². The Morgan fingerprint density at radius 3 is 2.64 bits per heavy atom. The number of nitrogens with zero attached hydrogens (tertiary/aromatic N) is 2. The van der Waals surface area contributed by atoms with E-state index in [9.17, 15) is 9.59 Å². The fourth-order valence-corrected chi connectivity index (χ4v) is 3.74. The van der Waals surface area contributed by atoms with Gasteiger partial charge in [0.2, 0.25) is 11.8 Å². The summed E-state index contributed by atoms with van der Waals surface area (Å²) in [5.74, 6) is 0.372. The maximum atomic E-state index is 12.5. The predicted octanol–water partition coefficient (Wildman–Crippen LogP) is 2.71. The molecule has 2 amide bonds. The van der Waals surface area contributed by atoms with Gasteiger partial charge in [-0.2, -0.15) is 5.10 Å². The Balaban J connectivity index is 1.50. The number of carbonyl (C=O) groups is 2.